The largest absolute Gasteiger partial charge is 0.384 e. The molecule has 0 aliphatic carbocycles. The normalized spacial score (nSPS) is 11.9. The average Bonchev–Trinajstić information content (AvgIpc) is 2.43. The molecule has 6 heteroatoms. The van der Waals surface area contributed by atoms with Crippen LogP contribution in [-0.4, -0.2) is 39.4 Å². The first-order valence-corrected chi connectivity index (χ1v) is 7.95. The first-order valence-electron chi connectivity index (χ1n) is 6.47. The van der Waals surface area contributed by atoms with Crippen LogP contribution in [0.1, 0.15) is 25.0 Å². The van der Waals surface area contributed by atoms with Gasteiger partial charge in [0, 0.05) is 19.2 Å². The van der Waals surface area contributed by atoms with Crippen molar-refractivity contribution in [1.29, 1.82) is 0 Å². The van der Waals surface area contributed by atoms with Crippen LogP contribution >= 0.6 is 0 Å². The minimum atomic E-state index is -3.70. The van der Waals surface area contributed by atoms with E-state index in [0.29, 0.717) is 5.56 Å². The molecule has 1 aromatic carbocycles. The first-order chi connectivity index (χ1) is 9.72. The number of sulfonamides is 1. The van der Waals surface area contributed by atoms with E-state index in [2.05, 4.69) is 16.6 Å². The molecule has 2 N–H and O–H groups in total. The Bertz CT molecular complexity index is 654. The minimum Gasteiger partial charge on any atom is -0.384 e. The highest BCUT2D eigenvalue weighted by molar-refractivity contribution is 7.89. The fourth-order valence-corrected chi connectivity index (χ4v) is 2.87. The van der Waals surface area contributed by atoms with Crippen LogP contribution in [0.5, 0.6) is 0 Å². The molecule has 0 radical (unpaired) electrons. The number of nitrogens with one attached hydrogen (secondary N) is 1. The highest BCUT2D eigenvalue weighted by Gasteiger charge is 2.23. The Morgan fingerprint density at radius 2 is 2.05 bits per heavy atom. The lowest BCUT2D eigenvalue weighted by molar-refractivity contribution is 0.0276. The maximum Gasteiger partial charge on any atom is 0.241 e. The molecule has 0 aliphatic heterocycles. The predicted octanol–water partition coefficient (Wildman–Crippen LogP) is 1.04. The number of hydrogen-bond donors (Lipinski definition) is 2. The van der Waals surface area contributed by atoms with E-state index in [9.17, 15) is 8.42 Å². The van der Waals surface area contributed by atoms with Gasteiger partial charge in [0.2, 0.25) is 10.0 Å². The number of methoxy groups -OCH3 is 1. The summed E-state index contributed by atoms with van der Waals surface area (Å²) in [6.45, 7) is 5.25. The highest BCUT2D eigenvalue weighted by atomic mass is 32.2. The van der Waals surface area contributed by atoms with E-state index in [0.717, 1.165) is 5.56 Å². The van der Waals surface area contributed by atoms with Crippen molar-refractivity contribution in [3.63, 3.8) is 0 Å². The molecule has 21 heavy (non-hydrogen) atoms. The van der Waals surface area contributed by atoms with Gasteiger partial charge in [-0.15, -0.1) is 0 Å². The van der Waals surface area contributed by atoms with Crippen LogP contribution < -0.4 is 4.72 Å². The number of benzene rings is 1. The van der Waals surface area contributed by atoms with Gasteiger partial charge in [-0.3, -0.25) is 0 Å². The van der Waals surface area contributed by atoms with Gasteiger partial charge < -0.3 is 9.84 Å². The lowest BCUT2D eigenvalue weighted by Crippen LogP contribution is -2.39. The summed E-state index contributed by atoms with van der Waals surface area (Å²) < 4.78 is 32.5. The van der Waals surface area contributed by atoms with Crippen LogP contribution in [0, 0.1) is 18.8 Å². The van der Waals surface area contributed by atoms with E-state index in [1.54, 1.807) is 26.0 Å². The number of aryl methyl sites for hydroxylation is 1. The maximum atomic E-state index is 12.4. The van der Waals surface area contributed by atoms with Gasteiger partial charge in [-0.2, -0.15) is 0 Å². The molecule has 0 amide bonds. The Balaban J connectivity index is 3.14. The van der Waals surface area contributed by atoms with E-state index in [-0.39, 0.29) is 18.0 Å². The van der Waals surface area contributed by atoms with Crippen molar-refractivity contribution < 1.29 is 18.3 Å². The molecular weight excluding hydrogens is 290 g/mol. The molecule has 0 aliphatic rings. The van der Waals surface area contributed by atoms with Gasteiger partial charge >= 0.3 is 0 Å². The van der Waals surface area contributed by atoms with E-state index in [1.807, 2.05) is 6.92 Å². The van der Waals surface area contributed by atoms with Gasteiger partial charge in [0.15, 0.2) is 0 Å². The Hall–Kier alpha value is -1.39. The summed E-state index contributed by atoms with van der Waals surface area (Å²) in [7, 11) is -2.17. The number of aliphatic hydroxyl groups excluding tert-OH is 1. The summed E-state index contributed by atoms with van der Waals surface area (Å²) in [5.74, 6) is 5.15. The van der Waals surface area contributed by atoms with E-state index < -0.39 is 15.6 Å². The lowest BCUT2D eigenvalue weighted by Gasteiger charge is -2.23. The topological polar surface area (TPSA) is 75.6 Å². The second-order valence-electron chi connectivity index (χ2n) is 5.25. The molecule has 1 rings (SSSR count). The smallest absolute Gasteiger partial charge is 0.241 e. The quantitative estimate of drug-likeness (QED) is 0.797. The molecule has 0 spiro atoms. The Morgan fingerprint density at radius 3 is 2.62 bits per heavy atom. The number of rotatable bonds is 5. The summed E-state index contributed by atoms with van der Waals surface area (Å²) in [6.07, 6.45) is 0. The van der Waals surface area contributed by atoms with Crippen LogP contribution in [0.3, 0.4) is 0 Å². The van der Waals surface area contributed by atoms with Crippen LogP contribution in [0.25, 0.3) is 0 Å². The molecule has 116 valence electrons. The summed E-state index contributed by atoms with van der Waals surface area (Å²) in [6, 6.07) is 4.90. The van der Waals surface area contributed by atoms with Crippen molar-refractivity contribution in [3.8, 4) is 11.8 Å². The third-order valence-electron chi connectivity index (χ3n) is 2.97. The highest BCUT2D eigenvalue weighted by Crippen LogP contribution is 2.17. The first kappa shape index (κ1) is 17.7. The van der Waals surface area contributed by atoms with Gasteiger partial charge in [0.05, 0.1) is 10.5 Å². The average molecular weight is 311 g/mol. The van der Waals surface area contributed by atoms with Crippen molar-refractivity contribution in [2.45, 2.75) is 31.3 Å². The monoisotopic (exact) mass is 311 g/mol. The standard InChI is InChI=1S/C15H21NO4S/c1-12-7-8-14(13(10-12)6-5-9-17)21(18,19)16-11-15(2,3)20-4/h7-8,10,16-17H,9,11H2,1-4H3. The maximum absolute atomic E-state index is 12.4. The summed E-state index contributed by atoms with van der Waals surface area (Å²) >= 11 is 0. The second-order valence-corrected chi connectivity index (χ2v) is 6.98. The van der Waals surface area contributed by atoms with Crippen LogP contribution in [0.4, 0.5) is 0 Å². The summed E-state index contributed by atoms with van der Waals surface area (Å²) in [4.78, 5) is 0.0981. The molecule has 0 atom stereocenters. The third-order valence-corrected chi connectivity index (χ3v) is 4.43. The molecule has 1 aromatic rings. The lowest BCUT2D eigenvalue weighted by atomic mass is 10.1. The fraction of sp³-hybridized carbons (Fsp3) is 0.467. The molecule has 0 saturated heterocycles. The molecular formula is C15H21NO4S. The van der Waals surface area contributed by atoms with Crippen molar-refractivity contribution in [2.75, 3.05) is 20.3 Å². The van der Waals surface area contributed by atoms with Crippen molar-refractivity contribution in [2.24, 2.45) is 0 Å². The van der Waals surface area contributed by atoms with Crippen molar-refractivity contribution in [3.05, 3.63) is 29.3 Å². The SMILES string of the molecule is COC(C)(C)CNS(=O)(=O)c1ccc(C)cc1C#CCO. The van der Waals surface area contributed by atoms with Crippen LogP contribution in [0.15, 0.2) is 23.1 Å². The molecule has 0 heterocycles. The predicted molar refractivity (Wildman–Crippen MR) is 81.4 cm³/mol. The van der Waals surface area contributed by atoms with Gasteiger partial charge in [-0.1, -0.05) is 17.9 Å². The number of ether oxygens (including phenoxy) is 1. The second kappa shape index (κ2) is 7.05. The fourth-order valence-electron chi connectivity index (χ4n) is 1.53. The van der Waals surface area contributed by atoms with Crippen molar-refractivity contribution >= 4 is 10.0 Å². The van der Waals surface area contributed by atoms with Gasteiger partial charge in [-0.05, 0) is 38.5 Å². The summed E-state index contributed by atoms with van der Waals surface area (Å²) in [5.41, 5.74) is 0.662. The zero-order valence-corrected chi connectivity index (χ0v) is 13.5. The van der Waals surface area contributed by atoms with Crippen molar-refractivity contribution in [1.82, 2.24) is 4.72 Å². The van der Waals surface area contributed by atoms with Gasteiger partial charge in [0.1, 0.15) is 6.61 Å². The molecule has 0 bridgehead atoms. The zero-order valence-electron chi connectivity index (χ0n) is 12.7. The minimum absolute atomic E-state index is 0.0981. The molecule has 0 saturated carbocycles. The molecule has 0 unspecified atom stereocenters. The summed E-state index contributed by atoms with van der Waals surface area (Å²) in [5, 5.41) is 8.78. The van der Waals surface area contributed by atoms with Crippen LogP contribution in [0.2, 0.25) is 0 Å². The van der Waals surface area contributed by atoms with Crippen LogP contribution in [-0.2, 0) is 14.8 Å². The van der Waals surface area contributed by atoms with E-state index >= 15 is 0 Å². The Kier molecular flexibility index (Phi) is 5.93. The third kappa shape index (κ3) is 5.14. The Labute approximate surface area is 126 Å². The molecule has 0 fully saturated rings. The van der Waals surface area contributed by atoms with E-state index in [1.165, 1.54) is 13.2 Å². The van der Waals surface area contributed by atoms with Gasteiger partial charge in [-0.25, -0.2) is 13.1 Å². The molecule has 5 nitrogen and oxygen atoms in total. The number of aliphatic hydroxyl groups is 1. The van der Waals surface area contributed by atoms with E-state index in [4.69, 9.17) is 9.84 Å². The Morgan fingerprint density at radius 1 is 1.38 bits per heavy atom. The zero-order chi connectivity index (χ0) is 16.1. The number of hydrogen-bond acceptors (Lipinski definition) is 4. The molecule has 0 aromatic heterocycles. The van der Waals surface area contributed by atoms with Gasteiger partial charge in [0.25, 0.3) is 0 Å².